The van der Waals surface area contributed by atoms with Crippen molar-refractivity contribution >= 4 is 161 Å². The van der Waals surface area contributed by atoms with Gasteiger partial charge in [0.2, 0.25) is 0 Å². The fourth-order valence-electron chi connectivity index (χ4n) is 0. The van der Waals surface area contributed by atoms with Gasteiger partial charge in [0.1, 0.15) is 0 Å². The molecule has 42 valence electrons. The Bertz CT molecular complexity index is 62.6. The number of halogens is 3. The Labute approximate surface area is 180 Å². The summed E-state index contributed by atoms with van der Waals surface area (Å²) in [6.07, 6.45) is 0. The normalized spacial score (nSPS) is 7.44. The van der Waals surface area contributed by atoms with Gasteiger partial charge < -0.3 is 12.9 Å². The van der Waals surface area contributed by atoms with Gasteiger partial charge >= 0.3 is 161 Å². The van der Waals surface area contributed by atoms with Crippen molar-refractivity contribution < 1.29 is 12.9 Å². The summed E-state index contributed by atoms with van der Waals surface area (Å²) in [4.78, 5) is 0. The van der Waals surface area contributed by atoms with Crippen LogP contribution >= 0.6 is 0 Å². The van der Waals surface area contributed by atoms with Gasteiger partial charge in [0.05, 0.1) is 0 Å². The van der Waals surface area contributed by atoms with Gasteiger partial charge in [-0.3, -0.25) is 0 Å². The molecular formula is C2H6BF3K3-. The molecule has 0 aromatic heterocycles. The van der Waals surface area contributed by atoms with Crippen LogP contribution in [-0.2, 0) is 0 Å². The Morgan fingerprint density at radius 1 is 1.00 bits per heavy atom. The van der Waals surface area contributed by atoms with E-state index in [1.807, 2.05) is 0 Å². The summed E-state index contributed by atoms with van der Waals surface area (Å²) >= 11 is 0. The van der Waals surface area contributed by atoms with E-state index in [-0.39, 0.29) is 160 Å². The van der Waals surface area contributed by atoms with Crippen molar-refractivity contribution in [3.63, 3.8) is 0 Å². The average Bonchev–Trinajstić information content (AvgIpc) is 1.35. The van der Waals surface area contributed by atoms with Gasteiger partial charge in [0.15, 0.2) is 0 Å². The van der Waals surface area contributed by atoms with Gasteiger partial charge in [-0.1, -0.05) is 0 Å². The molecule has 0 saturated carbocycles. The van der Waals surface area contributed by atoms with Crippen LogP contribution in [0.15, 0.2) is 12.6 Å². The third-order valence-corrected chi connectivity index (χ3v) is 0.267. The molecule has 0 amide bonds. The standard InChI is InChI=1S/C2H3BF3.3K.3H/c1-2-3(4,5)6;;;;;;/h2H,1H2;;;;;;/q-1;;;;;;. The number of hydrogen-bond acceptors (Lipinski definition) is 0. The van der Waals surface area contributed by atoms with Crippen molar-refractivity contribution in [2.75, 3.05) is 0 Å². The minimum atomic E-state index is -4.72. The third-order valence-electron chi connectivity index (χ3n) is 0.267. The van der Waals surface area contributed by atoms with Crippen molar-refractivity contribution in [2.24, 2.45) is 0 Å². The summed E-state index contributed by atoms with van der Waals surface area (Å²) in [6.45, 7) is -2.19. The van der Waals surface area contributed by atoms with E-state index < -0.39 is 6.98 Å². The SMILES string of the molecule is C=C[B-](F)(F)F.[KH].[KH].[KH]. The first-order valence-electron chi connectivity index (χ1n) is 1.40. The minimum absolute atomic E-state index is 0. The molecule has 0 aliphatic carbocycles. The summed E-state index contributed by atoms with van der Waals surface area (Å²) in [5.74, 6) is 0. The Balaban J connectivity index is -0.0000000417. The quantitative estimate of drug-likeness (QED) is 0.523. The molecule has 9 heavy (non-hydrogen) atoms. The van der Waals surface area contributed by atoms with Gasteiger partial charge in [-0.15, -0.1) is 6.58 Å². The molecule has 7 heteroatoms. The Morgan fingerprint density at radius 3 is 1.11 bits per heavy atom. The van der Waals surface area contributed by atoms with E-state index in [4.69, 9.17) is 0 Å². The molecule has 0 aliphatic heterocycles. The first kappa shape index (κ1) is 23.4. The van der Waals surface area contributed by atoms with Crippen molar-refractivity contribution in [2.45, 2.75) is 0 Å². The first-order valence-corrected chi connectivity index (χ1v) is 1.40. The average molecular weight is 215 g/mol. The molecule has 0 aromatic carbocycles. The third kappa shape index (κ3) is 24.5. The zero-order valence-electron chi connectivity index (χ0n) is 3.00. The van der Waals surface area contributed by atoms with Crippen molar-refractivity contribution in [3.8, 4) is 0 Å². The van der Waals surface area contributed by atoms with Crippen molar-refractivity contribution in [1.82, 2.24) is 0 Å². The summed E-state index contributed by atoms with van der Waals surface area (Å²) in [5.41, 5.74) is 0. The second kappa shape index (κ2) is 12.5. The zero-order chi connectivity index (χ0) is 5.21. The Hall–Kier alpha value is 4.50. The molecule has 0 aliphatic rings. The van der Waals surface area contributed by atoms with E-state index in [9.17, 15) is 12.9 Å². The Kier molecular flexibility index (Phi) is 32.5. The Morgan fingerprint density at radius 2 is 1.11 bits per heavy atom. The summed E-state index contributed by atoms with van der Waals surface area (Å²) < 4.78 is 32.2. The molecule has 0 bridgehead atoms. The molecule has 0 saturated heterocycles. The van der Waals surface area contributed by atoms with Gasteiger partial charge in [-0.2, -0.15) is 5.98 Å². The molecule has 0 heterocycles. The monoisotopic (exact) mass is 215 g/mol. The molecule has 0 atom stereocenters. The van der Waals surface area contributed by atoms with E-state index in [1.165, 1.54) is 0 Å². The van der Waals surface area contributed by atoms with Crippen LogP contribution in [0.3, 0.4) is 0 Å². The van der Waals surface area contributed by atoms with Crippen LogP contribution in [0.25, 0.3) is 0 Å². The van der Waals surface area contributed by atoms with Crippen LogP contribution in [0.2, 0.25) is 0 Å². The second-order valence-electron chi connectivity index (χ2n) is 0.861. The predicted octanol–water partition coefficient (Wildman–Crippen LogP) is -0.387. The van der Waals surface area contributed by atoms with Crippen LogP contribution in [0.5, 0.6) is 0 Å². The molecule has 0 aromatic rings. The maximum atomic E-state index is 10.7. The molecule has 0 N–H and O–H groups in total. The molecule has 0 fully saturated rings. The van der Waals surface area contributed by atoms with Crippen molar-refractivity contribution in [3.05, 3.63) is 12.6 Å². The summed E-state index contributed by atoms with van der Waals surface area (Å²) in [7, 11) is 0. The molecular weight excluding hydrogens is 209 g/mol. The van der Waals surface area contributed by atoms with Crippen LogP contribution in [-0.4, -0.2) is 161 Å². The van der Waals surface area contributed by atoms with Gasteiger partial charge in [-0.25, -0.2) is 0 Å². The van der Waals surface area contributed by atoms with Crippen molar-refractivity contribution in [1.29, 1.82) is 0 Å². The first-order chi connectivity index (χ1) is 2.56. The number of hydrogen-bond donors (Lipinski definition) is 0. The van der Waals surface area contributed by atoms with Crippen LogP contribution in [0.4, 0.5) is 12.9 Å². The van der Waals surface area contributed by atoms with Crippen LogP contribution in [0.1, 0.15) is 0 Å². The molecule has 0 rings (SSSR count). The fraction of sp³-hybridized carbons (Fsp3) is 0. The van der Waals surface area contributed by atoms with E-state index in [0.29, 0.717) is 0 Å². The second-order valence-corrected chi connectivity index (χ2v) is 0.861. The van der Waals surface area contributed by atoms with E-state index in [1.54, 1.807) is 0 Å². The fourth-order valence-corrected chi connectivity index (χ4v) is 0. The molecule has 0 nitrogen and oxygen atoms in total. The van der Waals surface area contributed by atoms with E-state index in [2.05, 4.69) is 6.58 Å². The predicted molar refractivity (Wildman–Crippen MR) is 40.7 cm³/mol. The summed E-state index contributed by atoms with van der Waals surface area (Å²) in [6, 6.07) is 0. The van der Waals surface area contributed by atoms with Gasteiger partial charge in [-0.05, 0) is 0 Å². The van der Waals surface area contributed by atoms with Crippen LogP contribution in [0, 0.1) is 0 Å². The van der Waals surface area contributed by atoms with Gasteiger partial charge in [0, 0.05) is 0 Å². The van der Waals surface area contributed by atoms with Crippen LogP contribution < -0.4 is 0 Å². The number of rotatable bonds is 1. The topological polar surface area (TPSA) is 0 Å². The van der Waals surface area contributed by atoms with E-state index >= 15 is 0 Å². The summed E-state index contributed by atoms with van der Waals surface area (Å²) in [5, 5.41) is 0. The zero-order valence-corrected chi connectivity index (χ0v) is 3.00. The molecule has 0 unspecified atom stereocenters. The maximum absolute atomic E-state index is 10.7. The van der Waals surface area contributed by atoms with E-state index in [0.717, 1.165) is 0 Å². The molecule has 0 radical (unpaired) electrons. The molecule has 0 spiro atoms. The van der Waals surface area contributed by atoms with Gasteiger partial charge in [0.25, 0.3) is 0 Å².